The van der Waals surface area contributed by atoms with Crippen LogP contribution in [0.3, 0.4) is 0 Å². The van der Waals surface area contributed by atoms with E-state index in [1.54, 1.807) is 21.0 Å². The van der Waals surface area contributed by atoms with Crippen LogP contribution in [-0.2, 0) is 34.3 Å². The average molecular weight is 467 g/mol. The molecule has 3 rings (SSSR count). The minimum atomic E-state index is -3.80. The van der Waals surface area contributed by atoms with Gasteiger partial charge >= 0.3 is 5.97 Å². The Morgan fingerprint density at radius 2 is 1.94 bits per heavy atom. The van der Waals surface area contributed by atoms with Gasteiger partial charge in [-0.3, -0.25) is 4.90 Å². The number of ether oxygens (including phenoxy) is 2. The number of fused-ring (bicyclic) bond motifs is 1. The van der Waals surface area contributed by atoms with E-state index in [4.69, 9.17) is 9.47 Å². The molecule has 0 saturated carbocycles. The number of rotatable bonds is 7. The van der Waals surface area contributed by atoms with Crippen molar-refractivity contribution in [2.75, 3.05) is 20.8 Å². The van der Waals surface area contributed by atoms with Crippen LogP contribution in [0.2, 0.25) is 0 Å². The van der Waals surface area contributed by atoms with Crippen molar-refractivity contribution in [3.8, 4) is 5.75 Å². The van der Waals surface area contributed by atoms with Crippen molar-refractivity contribution in [2.24, 2.45) is 0 Å². The van der Waals surface area contributed by atoms with Crippen molar-refractivity contribution < 1.29 is 22.7 Å². The molecule has 1 aromatic heterocycles. The smallest absolute Gasteiger partial charge is 0.340 e. The Hall–Kier alpha value is -1.94. The molecule has 31 heavy (non-hydrogen) atoms. The zero-order valence-corrected chi connectivity index (χ0v) is 20.5. The first-order chi connectivity index (χ1) is 14.6. The third-order valence-corrected chi connectivity index (χ3v) is 8.77. The van der Waals surface area contributed by atoms with Crippen molar-refractivity contribution in [3.05, 3.63) is 44.8 Å². The Morgan fingerprint density at radius 1 is 1.23 bits per heavy atom. The van der Waals surface area contributed by atoms with Crippen LogP contribution < -0.4 is 9.46 Å². The van der Waals surface area contributed by atoms with Crippen LogP contribution in [0.5, 0.6) is 5.75 Å². The molecule has 0 aliphatic carbocycles. The number of benzene rings is 1. The summed E-state index contributed by atoms with van der Waals surface area (Å²) in [5.74, 6) is 0.271. The van der Waals surface area contributed by atoms with Crippen LogP contribution >= 0.6 is 11.3 Å². The van der Waals surface area contributed by atoms with Gasteiger partial charge in [0.1, 0.15) is 9.96 Å². The third kappa shape index (κ3) is 4.95. The summed E-state index contributed by atoms with van der Waals surface area (Å²) < 4.78 is 38.7. The van der Waals surface area contributed by atoms with Gasteiger partial charge in [-0.1, -0.05) is 6.07 Å². The number of methoxy groups -OCH3 is 2. The predicted molar refractivity (Wildman–Crippen MR) is 121 cm³/mol. The second-order valence-electron chi connectivity index (χ2n) is 8.14. The van der Waals surface area contributed by atoms with Gasteiger partial charge in [-0.05, 0) is 62.4 Å². The Balaban J connectivity index is 1.93. The Bertz CT molecular complexity index is 1090. The van der Waals surface area contributed by atoms with Gasteiger partial charge in [0, 0.05) is 30.6 Å². The number of carbonyl (C=O) groups excluding carboxylic acids is 1. The molecule has 1 aromatic carbocycles. The van der Waals surface area contributed by atoms with E-state index in [1.165, 1.54) is 24.0 Å². The fraction of sp³-hybridized carbons (Fsp3) is 0.500. The Kier molecular flexibility index (Phi) is 7.10. The molecule has 1 aliphatic rings. The molecule has 0 spiro atoms. The van der Waals surface area contributed by atoms with E-state index < -0.39 is 16.0 Å². The normalized spacial score (nSPS) is 14.5. The highest BCUT2D eigenvalue weighted by molar-refractivity contribution is 7.91. The van der Waals surface area contributed by atoms with Crippen molar-refractivity contribution in [1.29, 1.82) is 0 Å². The van der Waals surface area contributed by atoms with Gasteiger partial charge in [0.05, 0.1) is 19.8 Å². The van der Waals surface area contributed by atoms with Crippen molar-refractivity contribution in [2.45, 2.75) is 57.5 Å². The van der Waals surface area contributed by atoms with Gasteiger partial charge in [0.2, 0.25) is 0 Å². The zero-order chi connectivity index (χ0) is 22.9. The highest BCUT2D eigenvalue weighted by Crippen LogP contribution is 2.37. The van der Waals surface area contributed by atoms with E-state index in [-0.39, 0.29) is 15.8 Å². The summed E-state index contributed by atoms with van der Waals surface area (Å²) >= 11 is 1.17. The van der Waals surface area contributed by atoms with Gasteiger partial charge in [0.25, 0.3) is 10.0 Å². The summed E-state index contributed by atoms with van der Waals surface area (Å²) in [6.07, 6.45) is 0.599. The fourth-order valence-corrected chi connectivity index (χ4v) is 7.10. The lowest BCUT2D eigenvalue weighted by molar-refractivity contribution is 0.0595. The van der Waals surface area contributed by atoms with Gasteiger partial charge in [-0.15, -0.1) is 11.3 Å². The molecule has 0 radical (unpaired) electrons. The maximum Gasteiger partial charge on any atom is 0.340 e. The number of nitrogens with one attached hydrogen (secondary N) is 1. The number of sulfonamides is 1. The topological polar surface area (TPSA) is 84.9 Å². The molecule has 1 aliphatic heterocycles. The molecule has 2 heterocycles. The number of aryl methyl sites for hydroxylation is 2. The highest BCUT2D eigenvalue weighted by atomic mass is 32.2. The minimum absolute atomic E-state index is 0.0522. The van der Waals surface area contributed by atoms with Crippen molar-refractivity contribution >= 4 is 27.3 Å². The molecule has 0 saturated heterocycles. The first-order valence-corrected chi connectivity index (χ1v) is 12.5. The monoisotopic (exact) mass is 466 g/mol. The Morgan fingerprint density at radius 3 is 2.55 bits per heavy atom. The van der Waals surface area contributed by atoms with E-state index in [0.717, 1.165) is 40.4 Å². The number of thiophene rings is 1. The van der Waals surface area contributed by atoms with Gasteiger partial charge in [-0.2, -0.15) is 0 Å². The lowest BCUT2D eigenvalue weighted by atomic mass is 10.0. The van der Waals surface area contributed by atoms with Gasteiger partial charge < -0.3 is 9.47 Å². The summed E-state index contributed by atoms with van der Waals surface area (Å²) in [5, 5.41) is 0. The quantitative estimate of drug-likeness (QED) is 0.630. The SMILES string of the molecule is COC(=O)c1c(S(=O)(=O)NC(C)C)sc2c1CCN(Cc1cc(C)c(OC)cc1C)C2. The molecule has 2 aromatic rings. The molecular formula is C22H30N2O5S2. The summed E-state index contributed by atoms with van der Waals surface area (Å²) in [6.45, 7) is 9.66. The molecule has 0 amide bonds. The summed E-state index contributed by atoms with van der Waals surface area (Å²) in [6, 6.07) is 3.91. The molecule has 0 atom stereocenters. The second kappa shape index (κ2) is 9.28. The summed E-state index contributed by atoms with van der Waals surface area (Å²) in [5.41, 5.74) is 4.42. The van der Waals surface area contributed by atoms with Crippen LogP contribution in [-0.4, -0.2) is 46.1 Å². The first-order valence-electron chi connectivity index (χ1n) is 10.2. The lowest BCUT2D eigenvalue weighted by Crippen LogP contribution is -2.31. The number of hydrogen-bond acceptors (Lipinski definition) is 7. The van der Waals surface area contributed by atoms with Crippen LogP contribution in [0, 0.1) is 13.8 Å². The minimum Gasteiger partial charge on any atom is -0.496 e. The third-order valence-electron chi connectivity index (χ3n) is 5.38. The predicted octanol–water partition coefficient (Wildman–Crippen LogP) is 3.41. The van der Waals surface area contributed by atoms with Crippen LogP contribution in [0.15, 0.2) is 16.3 Å². The number of nitrogens with zero attached hydrogens (tertiary/aromatic N) is 1. The van der Waals surface area contributed by atoms with E-state index in [1.807, 2.05) is 13.0 Å². The number of carbonyl (C=O) groups is 1. The van der Waals surface area contributed by atoms with Crippen molar-refractivity contribution in [3.63, 3.8) is 0 Å². The van der Waals surface area contributed by atoms with E-state index in [0.29, 0.717) is 13.0 Å². The summed E-state index contributed by atoms with van der Waals surface area (Å²) in [7, 11) is -0.850. The van der Waals surface area contributed by atoms with E-state index >= 15 is 0 Å². The Labute approximate surface area is 188 Å². The fourth-order valence-electron chi connectivity index (χ4n) is 3.91. The molecule has 7 nitrogen and oxygen atoms in total. The molecule has 0 bridgehead atoms. The number of hydrogen-bond donors (Lipinski definition) is 1. The summed E-state index contributed by atoms with van der Waals surface area (Å²) in [4.78, 5) is 15.7. The zero-order valence-electron chi connectivity index (χ0n) is 18.9. The van der Waals surface area contributed by atoms with E-state index in [9.17, 15) is 13.2 Å². The van der Waals surface area contributed by atoms with E-state index in [2.05, 4.69) is 22.6 Å². The largest absolute Gasteiger partial charge is 0.496 e. The first kappa shape index (κ1) is 23.7. The molecule has 170 valence electrons. The molecule has 9 heteroatoms. The molecule has 0 unspecified atom stereocenters. The highest BCUT2D eigenvalue weighted by Gasteiger charge is 2.34. The number of esters is 1. The standard InChI is InChI=1S/C22H30N2O5S2/c1-13(2)23-31(26,27)22-20(21(25)29-6)17-7-8-24(12-19(17)30-22)11-16-9-15(4)18(28-5)10-14(16)3/h9-10,13,23H,7-8,11-12H2,1-6H3. The molecule has 1 N–H and O–H groups in total. The van der Waals surface area contributed by atoms with Crippen LogP contribution in [0.25, 0.3) is 0 Å². The second-order valence-corrected chi connectivity index (χ2v) is 11.2. The maximum absolute atomic E-state index is 12.9. The molecular weight excluding hydrogens is 436 g/mol. The lowest BCUT2D eigenvalue weighted by Gasteiger charge is -2.28. The molecule has 0 fully saturated rings. The van der Waals surface area contributed by atoms with Gasteiger partial charge in [-0.25, -0.2) is 17.9 Å². The van der Waals surface area contributed by atoms with Crippen molar-refractivity contribution in [1.82, 2.24) is 9.62 Å². The van der Waals surface area contributed by atoms with Crippen LogP contribution in [0.4, 0.5) is 0 Å². The van der Waals surface area contributed by atoms with Crippen LogP contribution in [0.1, 0.15) is 51.3 Å². The van der Waals surface area contributed by atoms with Gasteiger partial charge in [0.15, 0.2) is 0 Å². The average Bonchev–Trinajstić information content (AvgIpc) is 3.08. The maximum atomic E-state index is 12.9.